The first-order valence-corrected chi connectivity index (χ1v) is 5.94. The number of aryl methyl sites for hydroxylation is 1. The Morgan fingerprint density at radius 3 is 2.61 bits per heavy atom. The van der Waals surface area contributed by atoms with E-state index in [1.165, 1.54) is 15.2 Å². The van der Waals surface area contributed by atoms with E-state index in [9.17, 15) is 9.59 Å². The third-order valence-corrected chi connectivity index (χ3v) is 3.13. The van der Waals surface area contributed by atoms with Crippen LogP contribution in [-0.4, -0.2) is 14.9 Å². The highest BCUT2D eigenvalue weighted by molar-refractivity contribution is 6.35. The topological polar surface area (TPSA) is 44.0 Å². The first-order chi connectivity index (χ1) is 8.49. The molecule has 1 aromatic carbocycles. The number of ketones is 1. The summed E-state index contributed by atoms with van der Waals surface area (Å²) in [6, 6.07) is 4.67. The smallest absolute Gasteiger partial charge is 0.302 e. The van der Waals surface area contributed by atoms with E-state index >= 15 is 0 Å². The van der Waals surface area contributed by atoms with Gasteiger partial charge in [0.25, 0.3) is 0 Å². The van der Waals surface area contributed by atoms with Crippen molar-refractivity contribution in [1.82, 2.24) is 9.13 Å². The Bertz CT molecular complexity index is 658. The molecule has 0 aliphatic heterocycles. The molecule has 2 rings (SSSR count). The van der Waals surface area contributed by atoms with Gasteiger partial charge in [-0.25, -0.2) is 4.79 Å². The lowest BCUT2D eigenvalue weighted by Crippen LogP contribution is -2.25. The highest BCUT2D eigenvalue weighted by Gasteiger charge is 2.13. The zero-order chi connectivity index (χ0) is 13.3. The van der Waals surface area contributed by atoms with Crippen LogP contribution in [0.3, 0.4) is 0 Å². The molecular weight excluding hydrogens is 275 g/mol. The van der Waals surface area contributed by atoms with E-state index in [1.54, 1.807) is 31.6 Å². The van der Waals surface area contributed by atoms with Gasteiger partial charge in [-0.05, 0) is 18.2 Å². The fourth-order valence-electron chi connectivity index (χ4n) is 1.58. The van der Waals surface area contributed by atoms with Crippen LogP contribution >= 0.6 is 23.2 Å². The Morgan fingerprint density at radius 1 is 1.28 bits per heavy atom. The van der Waals surface area contributed by atoms with Gasteiger partial charge >= 0.3 is 5.69 Å². The van der Waals surface area contributed by atoms with Crippen molar-refractivity contribution >= 4 is 29.0 Å². The van der Waals surface area contributed by atoms with Crippen molar-refractivity contribution in [3.05, 3.63) is 56.7 Å². The Balaban J connectivity index is 2.30. The van der Waals surface area contributed by atoms with Gasteiger partial charge in [0.05, 0.1) is 11.6 Å². The number of carbonyl (C=O) groups excluding carboxylic acids is 1. The SMILES string of the molecule is Cn1ccn(CC(=O)c2cc(Cl)ccc2Cl)c1=O. The summed E-state index contributed by atoms with van der Waals surface area (Å²) in [4.78, 5) is 23.6. The van der Waals surface area contributed by atoms with E-state index < -0.39 is 0 Å². The van der Waals surface area contributed by atoms with Crippen LogP contribution in [0.4, 0.5) is 0 Å². The molecule has 4 nitrogen and oxygen atoms in total. The molecule has 1 heterocycles. The number of hydrogen-bond acceptors (Lipinski definition) is 2. The molecule has 0 N–H and O–H groups in total. The van der Waals surface area contributed by atoms with Gasteiger partial charge in [-0.2, -0.15) is 0 Å². The van der Waals surface area contributed by atoms with Crippen molar-refractivity contribution in [1.29, 1.82) is 0 Å². The molecule has 0 atom stereocenters. The van der Waals surface area contributed by atoms with Crippen molar-refractivity contribution in [2.75, 3.05) is 0 Å². The van der Waals surface area contributed by atoms with Gasteiger partial charge in [0.1, 0.15) is 0 Å². The van der Waals surface area contributed by atoms with Crippen molar-refractivity contribution in [3.8, 4) is 0 Å². The summed E-state index contributed by atoms with van der Waals surface area (Å²) in [5.41, 5.74) is 0.0708. The van der Waals surface area contributed by atoms with E-state index in [2.05, 4.69) is 0 Å². The minimum absolute atomic E-state index is 0.0558. The second-order valence-electron chi connectivity index (χ2n) is 3.87. The lowest BCUT2D eigenvalue weighted by Gasteiger charge is -2.04. The highest BCUT2D eigenvalue weighted by Crippen LogP contribution is 2.21. The molecule has 94 valence electrons. The van der Waals surface area contributed by atoms with E-state index in [1.807, 2.05) is 0 Å². The molecule has 0 bridgehead atoms. The van der Waals surface area contributed by atoms with Crippen LogP contribution in [-0.2, 0) is 13.6 Å². The van der Waals surface area contributed by atoms with Crippen molar-refractivity contribution in [3.63, 3.8) is 0 Å². The fourth-order valence-corrected chi connectivity index (χ4v) is 1.98. The summed E-state index contributed by atoms with van der Waals surface area (Å²) in [6.07, 6.45) is 3.15. The van der Waals surface area contributed by atoms with E-state index in [0.29, 0.717) is 15.6 Å². The molecule has 1 aromatic heterocycles. The maximum absolute atomic E-state index is 12.0. The second kappa shape index (κ2) is 5.00. The molecule has 0 spiro atoms. The quantitative estimate of drug-likeness (QED) is 0.813. The number of carbonyl (C=O) groups is 1. The number of aromatic nitrogens is 2. The lowest BCUT2D eigenvalue weighted by atomic mass is 10.1. The first kappa shape index (κ1) is 12.9. The van der Waals surface area contributed by atoms with Crippen LogP contribution in [0.15, 0.2) is 35.4 Å². The molecule has 18 heavy (non-hydrogen) atoms. The summed E-state index contributed by atoms with van der Waals surface area (Å²) in [5, 5.41) is 0.761. The molecule has 0 aliphatic rings. The van der Waals surface area contributed by atoms with Crippen molar-refractivity contribution < 1.29 is 4.79 Å². The third-order valence-electron chi connectivity index (χ3n) is 2.56. The van der Waals surface area contributed by atoms with Gasteiger partial charge in [-0.1, -0.05) is 23.2 Å². The number of hydrogen-bond donors (Lipinski definition) is 0. The second-order valence-corrected chi connectivity index (χ2v) is 4.71. The molecule has 0 aliphatic carbocycles. The van der Waals surface area contributed by atoms with E-state index in [4.69, 9.17) is 23.2 Å². The van der Waals surface area contributed by atoms with Gasteiger partial charge in [0.2, 0.25) is 0 Å². The van der Waals surface area contributed by atoms with Gasteiger partial charge < -0.3 is 4.57 Å². The molecule has 0 unspecified atom stereocenters. The van der Waals surface area contributed by atoms with Crippen LogP contribution in [0.25, 0.3) is 0 Å². The number of imidazole rings is 1. The van der Waals surface area contributed by atoms with Crippen LogP contribution in [0.2, 0.25) is 10.0 Å². The third kappa shape index (κ3) is 2.49. The van der Waals surface area contributed by atoms with Gasteiger partial charge in [0, 0.05) is 30.0 Å². The van der Waals surface area contributed by atoms with Gasteiger partial charge in [0.15, 0.2) is 5.78 Å². The first-order valence-electron chi connectivity index (χ1n) is 5.19. The number of halogens is 2. The van der Waals surface area contributed by atoms with Crippen LogP contribution in [0.1, 0.15) is 10.4 Å². The standard InChI is InChI=1S/C12H10Cl2N2O2/c1-15-4-5-16(12(15)18)7-11(17)9-6-8(13)2-3-10(9)14/h2-6H,7H2,1H3. The molecular formula is C12H10Cl2N2O2. The van der Waals surface area contributed by atoms with Gasteiger partial charge in [-0.15, -0.1) is 0 Å². The van der Waals surface area contributed by atoms with E-state index in [-0.39, 0.29) is 18.0 Å². The Morgan fingerprint density at radius 2 is 2.00 bits per heavy atom. The average molecular weight is 285 g/mol. The van der Waals surface area contributed by atoms with Gasteiger partial charge in [-0.3, -0.25) is 9.36 Å². The maximum Gasteiger partial charge on any atom is 0.328 e. The number of nitrogens with zero attached hydrogens (tertiary/aromatic N) is 2. The molecule has 0 radical (unpaired) electrons. The summed E-state index contributed by atoms with van der Waals surface area (Å²) in [6.45, 7) is -0.0558. The molecule has 2 aromatic rings. The van der Waals surface area contributed by atoms with Crippen molar-refractivity contribution in [2.45, 2.75) is 6.54 Å². The Hall–Kier alpha value is -1.52. The fraction of sp³-hybridized carbons (Fsp3) is 0.167. The molecule has 6 heteroatoms. The summed E-state index contributed by atoms with van der Waals surface area (Å²) >= 11 is 11.7. The van der Waals surface area contributed by atoms with Crippen LogP contribution in [0.5, 0.6) is 0 Å². The molecule has 0 saturated carbocycles. The van der Waals surface area contributed by atoms with Crippen LogP contribution < -0.4 is 5.69 Å². The highest BCUT2D eigenvalue weighted by atomic mass is 35.5. The predicted molar refractivity (Wildman–Crippen MR) is 70.5 cm³/mol. The minimum Gasteiger partial charge on any atom is -0.302 e. The predicted octanol–water partition coefficient (Wildman–Crippen LogP) is 2.38. The Kier molecular flexibility index (Phi) is 3.59. The van der Waals surface area contributed by atoms with E-state index in [0.717, 1.165) is 0 Å². The summed E-state index contributed by atoms with van der Waals surface area (Å²) < 4.78 is 2.71. The average Bonchev–Trinajstić information content (AvgIpc) is 2.64. The molecule has 0 fully saturated rings. The van der Waals surface area contributed by atoms with Crippen LogP contribution in [0, 0.1) is 0 Å². The summed E-state index contributed by atoms with van der Waals surface area (Å²) in [7, 11) is 1.62. The minimum atomic E-state index is -0.254. The number of benzene rings is 1. The normalized spacial score (nSPS) is 10.6. The zero-order valence-electron chi connectivity index (χ0n) is 9.56. The zero-order valence-corrected chi connectivity index (χ0v) is 11.1. The number of Topliss-reactive ketones (excluding diaryl/α,β-unsaturated/α-hetero) is 1. The largest absolute Gasteiger partial charge is 0.328 e. The maximum atomic E-state index is 12.0. The summed E-state index contributed by atoms with van der Waals surface area (Å²) in [5.74, 6) is -0.254. The molecule has 0 amide bonds. The molecule has 0 saturated heterocycles. The van der Waals surface area contributed by atoms with Crippen molar-refractivity contribution in [2.24, 2.45) is 7.05 Å². The number of rotatable bonds is 3. The monoisotopic (exact) mass is 284 g/mol. The lowest BCUT2D eigenvalue weighted by molar-refractivity contribution is 0.0971. The Labute approximate surface area is 113 Å².